The molecule has 4 saturated heterocycles. The maximum Gasteiger partial charge on any atom is 0.309 e. The second-order valence-corrected chi connectivity index (χ2v) is 18.6. The van der Waals surface area contributed by atoms with Gasteiger partial charge in [-0.2, -0.15) is 0 Å². The first-order valence-corrected chi connectivity index (χ1v) is 21.7. The number of ether oxygens (including phenoxy) is 5. The highest BCUT2D eigenvalue weighted by Gasteiger charge is 2.63. The zero-order valence-corrected chi connectivity index (χ0v) is 35.9. The van der Waals surface area contributed by atoms with Gasteiger partial charge in [0.05, 0.1) is 53.7 Å². The fraction of sp³-hybridized carbons (Fsp3) is 0.886. The van der Waals surface area contributed by atoms with Crippen LogP contribution in [0.15, 0.2) is 12.2 Å². The first-order chi connectivity index (χ1) is 26.2. The van der Waals surface area contributed by atoms with Crippen molar-refractivity contribution >= 4 is 17.7 Å². The van der Waals surface area contributed by atoms with E-state index in [1.807, 2.05) is 53.7 Å². The Labute approximate surface area is 335 Å². The highest BCUT2D eigenvalue weighted by molar-refractivity contribution is 5.84. The van der Waals surface area contributed by atoms with Crippen LogP contribution in [0.2, 0.25) is 0 Å². The first-order valence-electron chi connectivity index (χ1n) is 21.7. The Morgan fingerprint density at radius 2 is 1.57 bits per heavy atom. The molecule has 0 saturated carbocycles. The largest absolute Gasteiger partial charge is 0.481 e. The number of carboxylic acids is 1. The molecule has 18 atom stereocenters. The van der Waals surface area contributed by atoms with E-state index in [0.717, 1.165) is 6.42 Å². The summed E-state index contributed by atoms with van der Waals surface area (Å²) in [6.07, 6.45) is 6.79. The fourth-order valence-electron chi connectivity index (χ4n) is 10.9. The summed E-state index contributed by atoms with van der Waals surface area (Å²) in [5.74, 6) is -5.98. The quantitative estimate of drug-likeness (QED) is 0.154. The Hall–Kier alpha value is -1.93. The highest BCUT2D eigenvalue weighted by Crippen LogP contribution is 2.54. The highest BCUT2D eigenvalue weighted by atomic mass is 16.8. The molecule has 56 heavy (non-hydrogen) atoms. The summed E-state index contributed by atoms with van der Waals surface area (Å²) >= 11 is 0. The molecule has 0 aliphatic carbocycles. The summed E-state index contributed by atoms with van der Waals surface area (Å²) in [5, 5.41) is 35.8. The van der Waals surface area contributed by atoms with Crippen molar-refractivity contribution in [2.45, 2.75) is 206 Å². The Balaban J connectivity index is 1.36. The predicted octanol–water partition coefficient (Wildman–Crippen LogP) is 6.33. The Bertz CT molecular complexity index is 1440. The minimum Gasteiger partial charge on any atom is -0.481 e. The number of nitrogens with one attached hydrogen (secondary N) is 1. The van der Waals surface area contributed by atoms with Gasteiger partial charge in [-0.25, -0.2) is 0 Å². The standard InChI is InChI=1S/C44H73NO11/c1-12-31(40(49)50)33-16-15-24(4)38(53-33)28(8)36(47)27(7)37(48)32(13-2)39-25(5)23-26(6)43(54-39)20-17-34(45-30(10)46)44(56-43)22-21-41(11,55-44)35-18-19-42(51,14-3)29(9)52-35/h17,20,24-29,31-36,38-39,47,51H,12-16,18-19,21-23H2,1-11H3,(H,45,46)(H,49,50)/t24-,25-,26+,27-,28-,29-,31?,32-,33+,34?,35+,36+,38+,39-,41-,42+,43-,44-/m0/s1. The van der Waals surface area contributed by atoms with Gasteiger partial charge in [-0.15, -0.1) is 0 Å². The van der Waals surface area contributed by atoms with Gasteiger partial charge < -0.3 is 44.3 Å². The molecule has 4 N–H and O–H groups in total. The molecule has 5 heterocycles. The first kappa shape index (κ1) is 45.2. The molecule has 0 aromatic rings. The molecule has 4 fully saturated rings. The lowest BCUT2D eigenvalue weighted by Gasteiger charge is -2.55. The molecule has 0 aromatic carbocycles. The van der Waals surface area contributed by atoms with E-state index >= 15 is 0 Å². The molecule has 5 aliphatic heterocycles. The number of aliphatic carboxylic acids is 1. The lowest BCUT2D eigenvalue weighted by atomic mass is 9.72. The second-order valence-electron chi connectivity index (χ2n) is 18.6. The van der Waals surface area contributed by atoms with Crippen molar-refractivity contribution < 1.29 is 53.4 Å². The maximum absolute atomic E-state index is 14.5. The topological polar surface area (TPSA) is 170 Å². The zero-order chi connectivity index (χ0) is 41.5. The summed E-state index contributed by atoms with van der Waals surface area (Å²) in [5.41, 5.74) is -1.65. The van der Waals surface area contributed by atoms with Gasteiger partial charge in [-0.3, -0.25) is 14.4 Å². The summed E-state index contributed by atoms with van der Waals surface area (Å²) in [7, 11) is 0. The number of hydrogen-bond donors (Lipinski definition) is 4. The van der Waals surface area contributed by atoms with E-state index in [0.29, 0.717) is 57.8 Å². The van der Waals surface area contributed by atoms with E-state index < -0.39 is 76.8 Å². The summed E-state index contributed by atoms with van der Waals surface area (Å²) in [6.45, 7) is 21.1. The van der Waals surface area contributed by atoms with E-state index in [9.17, 15) is 29.7 Å². The maximum atomic E-state index is 14.5. The molecular formula is C44H73NO11. The second kappa shape index (κ2) is 17.3. The Morgan fingerprint density at radius 1 is 0.893 bits per heavy atom. The van der Waals surface area contributed by atoms with Crippen LogP contribution in [0, 0.1) is 41.4 Å². The van der Waals surface area contributed by atoms with E-state index in [1.54, 1.807) is 6.92 Å². The van der Waals surface area contributed by atoms with Gasteiger partial charge in [0.25, 0.3) is 0 Å². The minimum absolute atomic E-state index is 0.000895. The number of Topliss-reactive ketones (excluding diaryl/α,β-unsaturated/α-hetero) is 1. The monoisotopic (exact) mass is 792 g/mol. The molecule has 2 unspecified atom stereocenters. The van der Waals surface area contributed by atoms with Crippen LogP contribution in [0.5, 0.6) is 0 Å². The third-order valence-corrected chi connectivity index (χ3v) is 14.8. The van der Waals surface area contributed by atoms with Crippen molar-refractivity contribution in [3.05, 3.63) is 12.2 Å². The Morgan fingerprint density at radius 3 is 2.16 bits per heavy atom. The van der Waals surface area contributed by atoms with Crippen molar-refractivity contribution in [3.63, 3.8) is 0 Å². The molecule has 0 radical (unpaired) electrons. The minimum atomic E-state index is -1.27. The number of amides is 1. The van der Waals surface area contributed by atoms with Gasteiger partial charge in [0.2, 0.25) is 5.91 Å². The van der Waals surface area contributed by atoms with Crippen molar-refractivity contribution in [2.75, 3.05) is 0 Å². The van der Waals surface area contributed by atoms with E-state index in [1.165, 1.54) is 6.92 Å². The van der Waals surface area contributed by atoms with Gasteiger partial charge in [-0.05, 0) is 89.5 Å². The van der Waals surface area contributed by atoms with Crippen molar-refractivity contribution in [2.24, 2.45) is 41.4 Å². The van der Waals surface area contributed by atoms with Crippen LogP contribution in [0.3, 0.4) is 0 Å². The van der Waals surface area contributed by atoms with E-state index in [4.69, 9.17) is 23.7 Å². The van der Waals surface area contributed by atoms with Crippen LogP contribution in [-0.4, -0.2) is 98.4 Å². The predicted molar refractivity (Wildman–Crippen MR) is 210 cm³/mol. The number of carbonyl (C=O) groups excluding carboxylic acids is 2. The summed E-state index contributed by atoms with van der Waals surface area (Å²) in [4.78, 5) is 39.0. The van der Waals surface area contributed by atoms with Crippen LogP contribution in [0.1, 0.15) is 140 Å². The molecule has 320 valence electrons. The van der Waals surface area contributed by atoms with Gasteiger partial charge >= 0.3 is 5.97 Å². The summed E-state index contributed by atoms with van der Waals surface area (Å²) < 4.78 is 34.1. The SMILES string of the molecule is CCC(C(=O)O)[C@H]1CC[C@H](C)[C@H]([C@@H](C)[C@H](O)[C@H](C)C(=O)[C@H](CC)[C@H]2O[C@]3(C=CC(NC(C)=O)[C@]4(CC[C@@](C)([C@H]5CC[C@](O)(CC)[C@H](C)O5)O4)O3)[C@H](C)C[C@@H]2C)O1. The molecule has 0 bridgehead atoms. The molecule has 5 rings (SSSR count). The van der Waals surface area contributed by atoms with Gasteiger partial charge in [0.1, 0.15) is 11.8 Å². The van der Waals surface area contributed by atoms with Crippen molar-refractivity contribution in [3.8, 4) is 0 Å². The average Bonchev–Trinajstić information content (AvgIpc) is 3.49. The molecule has 1 amide bonds. The number of aliphatic hydroxyl groups is 2. The number of hydrogen-bond acceptors (Lipinski definition) is 10. The molecule has 12 nitrogen and oxygen atoms in total. The smallest absolute Gasteiger partial charge is 0.309 e. The van der Waals surface area contributed by atoms with Crippen molar-refractivity contribution in [1.82, 2.24) is 5.32 Å². The van der Waals surface area contributed by atoms with Crippen LogP contribution in [-0.2, 0) is 38.1 Å². The van der Waals surface area contributed by atoms with E-state index in [-0.39, 0.29) is 47.8 Å². The van der Waals surface area contributed by atoms with Crippen molar-refractivity contribution in [1.29, 1.82) is 0 Å². The normalized spacial score (nSPS) is 44.2. The molecule has 5 aliphatic rings. The molecule has 2 spiro atoms. The zero-order valence-electron chi connectivity index (χ0n) is 35.9. The van der Waals surface area contributed by atoms with Gasteiger partial charge in [0, 0.05) is 37.0 Å². The third-order valence-electron chi connectivity index (χ3n) is 14.8. The van der Waals surface area contributed by atoms with Crippen LogP contribution in [0.4, 0.5) is 0 Å². The van der Waals surface area contributed by atoms with Gasteiger partial charge in [0.15, 0.2) is 11.6 Å². The van der Waals surface area contributed by atoms with Gasteiger partial charge in [-0.1, -0.05) is 61.5 Å². The lowest BCUT2D eigenvalue weighted by Crippen LogP contribution is -2.65. The summed E-state index contributed by atoms with van der Waals surface area (Å²) in [6, 6.07) is -0.595. The molecular weight excluding hydrogens is 718 g/mol. The van der Waals surface area contributed by atoms with E-state index in [2.05, 4.69) is 26.1 Å². The third kappa shape index (κ3) is 8.54. The average molecular weight is 792 g/mol. The lowest BCUT2D eigenvalue weighted by molar-refractivity contribution is -0.398. The van der Waals surface area contributed by atoms with Crippen LogP contribution in [0.25, 0.3) is 0 Å². The number of aliphatic hydroxyl groups excluding tert-OH is 1. The Kier molecular flexibility index (Phi) is 14.0. The van der Waals surface area contributed by atoms with Crippen LogP contribution >= 0.6 is 0 Å². The number of rotatable bonds is 13. The fourth-order valence-corrected chi connectivity index (χ4v) is 10.9. The molecule has 12 heteroatoms. The van der Waals surface area contributed by atoms with Crippen LogP contribution < -0.4 is 5.32 Å². The number of ketones is 1. The molecule has 0 aromatic heterocycles. The number of carbonyl (C=O) groups is 3. The number of carboxylic acid groups (broad SMARTS) is 1.